The number of aryl methyl sites for hydroxylation is 1. The Morgan fingerprint density at radius 3 is 3.04 bits per heavy atom. The number of hydrogen-bond donors (Lipinski definition) is 0. The van der Waals surface area contributed by atoms with Gasteiger partial charge in [0.2, 0.25) is 5.91 Å². The summed E-state index contributed by atoms with van der Waals surface area (Å²) in [4.78, 5) is 23.5. The van der Waals surface area contributed by atoms with Crippen LogP contribution in [0.4, 0.5) is 0 Å². The fourth-order valence-electron chi connectivity index (χ4n) is 3.39. The number of amides is 1. The highest BCUT2D eigenvalue weighted by molar-refractivity contribution is 5.80. The summed E-state index contributed by atoms with van der Waals surface area (Å²) in [7, 11) is 0. The van der Waals surface area contributed by atoms with Crippen molar-refractivity contribution in [1.82, 2.24) is 29.9 Å². The van der Waals surface area contributed by atoms with Gasteiger partial charge in [-0.3, -0.25) is 14.8 Å². The molecule has 7 nitrogen and oxygen atoms in total. The Morgan fingerprint density at radius 2 is 2.16 bits per heavy atom. The van der Waals surface area contributed by atoms with Crippen molar-refractivity contribution in [2.45, 2.75) is 32.2 Å². The second-order valence-electron chi connectivity index (χ2n) is 6.50. The number of likely N-dealkylation sites (tertiary alicyclic amines) is 1. The van der Waals surface area contributed by atoms with Crippen molar-refractivity contribution in [2.75, 3.05) is 13.1 Å². The molecule has 1 aromatic carbocycles. The quantitative estimate of drug-likeness (QED) is 0.730. The van der Waals surface area contributed by atoms with Gasteiger partial charge < -0.3 is 4.90 Å². The van der Waals surface area contributed by atoms with Crippen LogP contribution in [-0.2, 0) is 11.3 Å². The molecule has 4 rings (SSSR count). The second kappa shape index (κ2) is 6.58. The average molecular weight is 336 g/mol. The molecule has 2 aromatic heterocycles. The zero-order valence-corrected chi connectivity index (χ0v) is 14.2. The second-order valence-corrected chi connectivity index (χ2v) is 6.50. The molecule has 1 amide bonds. The van der Waals surface area contributed by atoms with Crippen LogP contribution in [0.3, 0.4) is 0 Å². The fourth-order valence-corrected chi connectivity index (χ4v) is 3.39. The normalized spacial score (nSPS) is 17.8. The average Bonchev–Trinajstić information content (AvgIpc) is 3.05. The minimum Gasteiger partial charge on any atom is -0.340 e. The van der Waals surface area contributed by atoms with Gasteiger partial charge in [0.15, 0.2) is 0 Å². The third-order valence-electron chi connectivity index (χ3n) is 4.67. The Bertz CT molecular complexity index is 905. The first kappa shape index (κ1) is 15.7. The number of benzene rings is 1. The van der Waals surface area contributed by atoms with E-state index in [0.717, 1.165) is 41.8 Å². The van der Waals surface area contributed by atoms with Gasteiger partial charge >= 0.3 is 0 Å². The lowest BCUT2D eigenvalue weighted by Crippen LogP contribution is -2.41. The van der Waals surface area contributed by atoms with Crippen molar-refractivity contribution >= 4 is 16.9 Å². The van der Waals surface area contributed by atoms with E-state index in [-0.39, 0.29) is 18.4 Å². The van der Waals surface area contributed by atoms with Gasteiger partial charge in [0, 0.05) is 31.4 Å². The van der Waals surface area contributed by atoms with Gasteiger partial charge in [0.1, 0.15) is 12.1 Å². The summed E-state index contributed by atoms with van der Waals surface area (Å²) >= 11 is 0. The van der Waals surface area contributed by atoms with Crippen molar-refractivity contribution in [2.24, 2.45) is 0 Å². The van der Waals surface area contributed by atoms with Gasteiger partial charge in [0.25, 0.3) is 0 Å². The highest BCUT2D eigenvalue weighted by atomic mass is 16.2. The first-order valence-corrected chi connectivity index (χ1v) is 8.55. The molecule has 3 aromatic rings. The van der Waals surface area contributed by atoms with Crippen LogP contribution in [0.5, 0.6) is 0 Å². The summed E-state index contributed by atoms with van der Waals surface area (Å²) < 4.78 is 1.67. The minimum absolute atomic E-state index is 0.0703. The molecule has 1 fully saturated rings. The lowest BCUT2D eigenvalue weighted by molar-refractivity contribution is -0.133. The molecular weight excluding hydrogens is 316 g/mol. The van der Waals surface area contributed by atoms with Crippen LogP contribution in [0.15, 0.2) is 36.7 Å². The van der Waals surface area contributed by atoms with Crippen molar-refractivity contribution in [3.63, 3.8) is 0 Å². The monoisotopic (exact) mass is 336 g/mol. The molecule has 1 atom stereocenters. The third kappa shape index (κ3) is 3.22. The molecule has 3 heterocycles. The number of para-hydroxylation sites is 1. The molecule has 0 bridgehead atoms. The summed E-state index contributed by atoms with van der Waals surface area (Å²) in [6.45, 7) is 3.62. The molecule has 0 saturated carbocycles. The number of piperidine rings is 1. The minimum atomic E-state index is 0.0703. The van der Waals surface area contributed by atoms with E-state index < -0.39 is 0 Å². The van der Waals surface area contributed by atoms with Crippen molar-refractivity contribution in [3.8, 4) is 0 Å². The van der Waals surface area contributed by atoms with Crippen LogP contribution in [0.1, 0.15) is 30.1 Å². The number of aromatic nitrogens is 5. The fraction of sp³-hybridized carbons (Fsp3) is 0.389. The Labute approximate surface area is 145 Å². The molecule has 7 heteroatoms. The zero-order valence-electron chi connectivity index (χ0n) is 14.2. The van der Waals surface area contributed by atoms with Crippen LogP contribution in [0, 0.1) is 6.92 Å². The van der Waals surface area contributed by atoms with Crippen molar-refractivity contribution in [3.05, 3.63) is 48.0 Å². The highest BCUT2D eigenvalue weighted by Gasteiger charge is 2.26. The first-order chi connectivity index (χ1) is 12.2. The van der Waals surface area contributed by atoms with Gasteiger partial charge in [-0.25, -0.2) is 4.68 Å². The lowest BCUT2D eigenvalue weighted by Gasteiger charge is -2.32. The molecule has 0 spiro atoms. The summed E-state index contributed by atoms with van der Waals surface area (Å²) in [6.07, 6.45) is 5.58. The Hall–Kier alpha value is -2.83. The van der Waals surface area contributed by atoms with Crippen LogP contribution in [0.25, 0.3) is 11.0 Å². The zero-order chi connectivity index (χ0) is 17.2. The summed E-state index contributed by atoms with van der Waals surface area (Å²) in [5, 5.41) is 8.23. The number of carbonyl (C=O) groups excluding carboxylic acids is 1. The SMILES string of the molecule is Cc1cncc([C@@H]2CCCN(C(=O)Cn3nnc4ccccc43)C2)n1. The van der Waals surface area contributed by atoms with Crippen LogP contribution >= 0.6 is 0 Å². The van der Waals surface area contributed by atoms with Gasteiger partial charge in [-0.15, -0.1) is 5.10 Å². The standard InChI is InChI=1S/C18H20N6O/c1-13-9-19-10-16(20-13)14-5-4-8-23(11-14)18(25)12-24-17-7-3-2-6-15(17)21-22-24/h2-3,6-7,9-10,14H,4-5,8,11-12H2,1H3/t14-/m1/s1. The predicted octanol–water partition coefficient (Wildman–Crippen LogP) is 1.94. The Balaban J connectivity index is 1.48. The predicted molar refractivity (Wildman–Crippen MR) is 92.9 cm³/mol. The maximum Gasteiger partial charge on any atom is 0.244 e. The van der Waals surface area contributed by atoms with Gasteiger partial charge in [0.05, 0.1) is 16.9 Å². The Kier molecular flexibility index (Phi) is 4.13. The van der Waals surface area contributed by atoms with E-state index in [2.05, 4.69) is 20.3 Å². The topological polar surface area (TPSA) is 76.8 Å². The molecule has 1 aliphatic heterocycles. The molecule has 1 saturated heterocycles. The van der Waals surface area contributed by atoms with E-state index in [4.69, 9.17) is 0 Å². The third-order valence-corrected chi connectivity index (χ3v) is 4.67. The van der Waals surface area contributed by atoms with E-state index in [1.165, 1.54) is 0 Å². The summed E-state index contributed by atoms with van der Waals surface area (Å²) in [6, 6.07) is 7.68. The molecule has 1 aliphatic rings. The van der Waals surface area contributed by atoms with Gasteiger partial charge in [-0.2, -0.15) is 0 Å². The first-order valence-electron chi connectivity index (χ1n) is 8.55. The number of fused-ring (bicyclic) bond motifs is 1. The maximum atomic E-state index is 12.8. The van der Waals surface area contributed by atoms with E-state index in [9.17, 15) is 4.79 Å². The summed E-state index contributed by atoms with van der Waals surface area (Å²) in [5.74, 6) is 0.318. The number of carbonyl (C=O) groups is 1. The van der Waals surface area contributed by atoms with E-state index in [0.29, 0.717) is 6.54 Å². The van der Waals surface area contributed by atoms with Crippen molar-refractivity contribution in [1.29, 1.82) is 0 Å². The van der Waals surface area contributed by atoms with Crippen LogP contribution in [0.2, 0.25) is 0 Å². The molecule has 0 aliphatic carbocycles. The van der Waals surface area contributed by atoms with E-state index >= 15 is 0 Å². The molecular formula is C18H20N6O. The lowest BCUT2D eigenvalue weighted by atomic mass is 9.95. The van der Waals surface area contributed by atoms with E-state index in [1.807, 2.05) is 42.3 Å². The van der Waals surface area contributed by atoms with Gasteiger partial charge in [-0.05, 0) is 31.9 Å². The molecule has 0 radical (unpaired) electrons. The number of nitrogens with zero attached hydrogens (tertiary/aromatic N) is 6. The molecule has 128 valence electrons. The molecule has 0 unspecified atom stereocenters. The van der Waals surface area contributed by atoms with Crippen molar-refractivity contribution < 1.29 is 4.79 Å². The maximum absolute atomic E-state index is 12.8. The smallest absolute Gasteiger partial charge is 0.244 e. The number of hydrogen-bond acceptors (Lipinski definition) is 5. The largest absolute Gasteiger partial charge is 0.340 e. The molecule has 0 N–H and O–H groups in total. The van der Waals surface area contributed by atoms with Crippen LogP contribution in [-0.4, -0.2) is 48.9 Å². The van der Waals surface area contributed by atoms with Crippen LogP contribution < -0.4 is 0 Å². The number of rotatable bonds is 3. The van der Waals surface area contributed by atoms with Gasteiger partial charge in [-0.1, -0.05) is 17.3 Å². The summed E-state index contributed by atoms with van der Waals surface area (Å²) in [5.41, 5.74) is 3.58. The Morgan fingerprint density at radius 1 is 1.28 bits per heavy atom. The van der Waals surface area contributed by atoms with E-state index in [1.54, 1.807) is 10.9 Å². The molecule has 25 heavy (non-hydrogen) atoms. The highest BCUT2D eigenvalue weighted by Crippen LogP contribution is 2.25.